The monoisotopic (exact) mass is 218 g/mol. The summed E-state index contributed by atoms with van der Waals surface area (Å²) >= 11 is 4.92. The van der Waals surface area contributed by atoms with E-state index in [0.29, 0.717) is 4.77 Å². The maximum Gasteiger partial charge on any atom is 0.198 e. The van der Waals surface area contributed by atoms with Crippen molar-refractivity contribution in [2.75, 3.05) is 5.32 Å². The van der Waals surface area contributed by atoms with Crippen LogP contribution >= 0.6 is 12.2 Å². The standard InChI is InChI=1S/C10H10N4S/c1-7-3-2-5-11-9(7)13-8-4-6-12-10(15)14-8/h2-6H,1H3,(H2,11,12,13,14,15). The van der Waals surface area contributed by atoms with Crippen LogP contribution in [-0.2, 0) is 0 Å². The van der Waals surface area contributed by atoms with Gasteiger partial charge in [0.15, 0.2) is 4.77 Å². The van der Waals surface area contributed by atoms with Crippen molar-refractivity contribution in [2.24, 2.45) is 0 Å². The number of nitrogens with zero attached hydrogens (tertiary/aromatic N) is 2. The molecule has 15 heavy (non-hydrogen) atoms. The molecule has 0 saturated carbocycles. The predicted octanol–water partition coefficient (Wildman–Crippen LogP) is 2.59. The lowest BCUT2D eigenvalue weighted by molar-refractivity contribution is 1.12. The summed E-state index contributed by atoms with van der Waals surface area (Å²) < 4.78 is 0.452. The zero-order valence-electron chi connectivity index (χ0n) is 8.19. The minimum absolute atomic E-state index is 0.452. The van der Waals surface area contributed by atoms with Crippen LogP contribution < -0.4 is 5.32 Å². The number of aromatic amines is 1. The first-order chi connectivity index (χ1) is 7.25. The molecule has 0 atom stereocenters. The van der Waals surface area contributed by atoms with E-state index in [2.05, 4.69) is 20.3 Å². The normalized spacial score (nSPS) is 9.93. The van der Waals surface area contributed by atoms with E-state index in [4.69, 9.17) is 12.2 Å². The number of nitrogens with one attached hydrogen (secondary N) is 2. The maximum absolute atomic E-state index is 4.92. The second-order valence-corrected chi connectivity index (χ2v) is 3.47. The van der Waals surface area contributed by atoms with Crippen LogP contribution in [0.4, 0.5) is 11.6 Å². The highest BCUT2D eigenvalue weighted by atomic mass is 32.1. The molecular weight excluding hydrogens is 208 g/mol. The van der Waals surface area contributed by atoms with Crippen molar-refractivity contribution in [3.63, 3.8) is 0 Å². The van der Waals surface area contributed by atoms with E-state index in [1.807, 2.05) is 25.1 Å². The number of pyridine rings is 1. The number of rotatable bonds is 2. The average molecular weight is 218 g/mol. The van der Waals surface area contributed by atoms with Crippen molar-refractivity contribution in [1.29, 1.82) is 0 Å². The molecule has 0 spiro atoms. The molecule has 0 aliphatic heterocycles. The van der Waals surface area contributed by atoms with Crippen LogP contribution in [-0.4, -0.2) is 15.0 Å². The minimum Gasteiger partial charge on any atom is -0.326 e. The van der Waals surface area contributed by atoms with Gasteiger partial charge in [0.1, 0.15) is 11.6 Å². The van der Waals surface area contributed by atoms with E-state index in [9.17, 15) is 0 Å². The number of hydrogen-bond donors (Lipinski definition) is 2. The van der Waals surface area contributed by atoms with Gasteiger partial charge in [0, 0.05) is 12.4 Å². The van der Waals surface area contributed by atoms with E-state index in [0.717, 1.165) is 17.2 Å². The number of aryl methyl sites for hydroxylation is 1. The van der Waals surface area contributed by atoms with Crippen molar-refractivity contribution in [3.05, 3.63) is 40.9 Å². The Morgan fingerprint density at radius 3 is 2.87 bits per heavy atom. The molecule has 2 rings (SSSR count). The van der Waals surface area contributed by atoms with Gasteiger partial charge in [-0.15, -0.1) is 0 Å². The fourth-order valence-corrected chi connectivity index (χ4v) is 1.36. The van der Waals surface area contributed by atoms with Gasteiger partial charge in [-0.25, -0.2) is 9.97 Å². The summed E-state index contributed by atoms with van der Waals surface area (Å²) in [6.07, 6.45) is 3.39. The molecule has 0 aliphatic rings. The second-order valence-electron chi connectivity index (χ2n) is 3.08. The molecule has 2 aromatic rings. The van der Waals surface area contributed by atoms with Gasteiger partial charge >= 0.3 is 0 Å². The summed E-state index contributed by atoms with van der Waals surface area (Å²) in [6.45, 7) is 1.99. The molecule has 0 unspecified atom stereocenters. The third kappa shape index (κ3) is 2.38. The van der Waals surface area contributed by atoms with Crippen molar-refractivity contribution in [2.45, 2.75) is 6.92 Å². The van der Waals surface area contributed by atoms with Gasteiger partial charge in [-0.1, -0.05) is 6.07 Å². The zero-order valence-corrected chi connectivity index (χ0v) is 9.01. The largest absolute Gasteiger partial charge is 0.326 e. The number of H-pyrrole nitrogens is 1. The Morgan fingerprint density at radius 2 is 2.13 bits per heavy atom. The van der Waals surface area contributed by atoms with Gasteiger partial charge in [-0.05, 0) is 36.8 Å². The third-order valence-corrected chi connectivity index (χ3v) is 2.14. The summed E-state index contributed by atoms with van der Waals surface area (Å²) in [5.74, 6) is 1.60. The first kappa shape index (κ1) is 9.79. The highest BCUT2D eigenvalue weighted by Gasteiger charge is 1.98. The molecular formula is C10H10N4S. The van der Waals surface area contributed by atoms with Gasteiger partial charge in [-0.2, -0.15) is 0 Å². The lowest BCUT2D eigenvalue weighted by atomic mass is 10.3. The van der Waals surface area contributed by atoms with E-state index in [1.165, 1.54) is 0 Å². The summed E-state index contributed by atoms with van der Waals surface area (Å²) in [6, 6.07) is 5.70. The lowest BCUT2D eigenvalue weighted by Gasteiger charge is -2.06. The van der Waals surface area contributed by atoms with Gasteiger partial charge in [0.05, 0.1) is 0 Å². The van der Waals surface area contributed by atoms with Crippen molar-refractivity contribution in [1.82, 2.24) is 15.0 Å². The molecule has 0 aliphatic carbocycles. The molecule has 0 amide bonds. The highest BCUT2D eigenvalue weighted by Crippen LogP contribution is 2.14. The molecule has 0 bridgehead atoms. The Hall–Kier alpha value is -1.75. The molecule has 0 aromatic carbocycles. The molecule has 0 saturated heterocycles. The summed E-state index contributed by atoms with van der Waals surface area (Å²) in [4.78, 5) is 11.1. The van der Waals surface area contributed by atoms with Gasteiger partial charge < -0.3 is 10.3 Å². The molecule has 2 N–H and O–H groups in total. The lowest BCUT2D eigenvalue weighted by Crippen LogP contribution is -1.98. The maximum atomic E-state index is 4.92. The quantitative estimate of drug-likeness (QED) is 0.761. The van der Waals surface area contributed by atoms with Crippen molar-refractivity contribution >= 4 is 23.9 Å². The molecule has 2 heterocycles. The van der Waals surface area contributed by atoms with E-state index >= 15 is 0 Å². The van der Waals surface area contributed by atoms with Crippen LogP contribution in [0.5, 0.6) is 0 Å². The third-order valence-electron chi connectivity index (χ3n) is 1.94. The number of hydrogen-bond acceptors (Lipinski definition) is 4. The average Bonchev–Trinajstić information content (AvgIpc) is 2.22. The van der Waals surface area contributed by atoms with Crippen molar-refractivity contribution < 1.29 is 0 Å². The fourth-order valence-electron chi connectivity index (χ4n) is 1.19. The van der Waals surface area contributed by atoms with Gasteiger partial charge in [0.25, 0.3) is 0 Å². The van der Waals surface area contributed by atoms with E-state index < -0.39 is 0 Å². The number of aromatic nitrogens is 3. The number of anilines is 2. The molecule has 5 heteroatoms. The first-order valence-electron chi connectivity index (χ1n) is 4.50. The molecule has 0 fully saturated rings. The van der Waals surface area contributed by atoms with Crippen molar-refractivity contribution in [3.8, 4) is 0 Å². The Kier molecular flexibility index (Phi) is 2.73. The molecule has 0 radical (unpaired) electrons. The molecule has 76 valence electrons. The van der Waals surface area contributed by atoms with Crippen LogP contribution in [0.1, 0.15) is 5.56 Å². The van der Waals surface area contributed by atoms with Crippen LogP contribution in [0.3, 0.4) is 0 Å². The van der Waals surface area contributed by atoms with Crippen LogP contribution in [0.15, 0.2) is 30.6 Å². The highest BCUT2D eigenvalue weighted by molar-refractivity contribution is 7.71. The second kappa shape index (κ2) is 4.18. The molecule has 4 nitrogen and oxygen atoms in total. The van der Waals surface area contributed by atoms with Crippen LogP contribution in [0.25, 0.3) is 0 Å². The Balaban J connectivity index is 2.30. The Labute approximate surface area is 92.4 Å². The summed E-state index contributed by atoms with van der Waals surface area (Å²) in [5, 5.41) is 3.14. The topological polar surface area (TPSA) is 53.6 Å². The fraction of sp³-hybridized carbons (Fsp3) is 0.100. The molecule has 2 aromatic heterocycles. The first-order valence-corrected chi connectivity index (χ1v) is 4.90. The Bertz CT molecular complexity index is 521. The van der Waals surface area contributed by atoms with Crippen LogP contribution in [0.2, 0.25) is 0 Å². The van der Waals surface area contributed by atoms with Gasteiger partial charge in [0.2, 0.25) is 0 Å². The van der Waals surface area contributed by atoms with Crippen LogP contribution in [0, 0.1) is 11.7 Å². The summed E-state index contributed by atoms with van der Waals surface area (Å²) in [7, 11) is 0. The Morgan fingerprint density at radius 1 is 1.27 bits per heavy atom. The zero-order chi connectivity index (χ0) is 10.7. The summed E-state index contributed by atoms with van der Waals surface area (Å²) in [5.41, 5.74) is 1.08. The van der Waals surface area contributed by atoms with E-state index in [-0.39, 0.29) is 0 Å². The smallest absolute Gasteiger partial charge is 0.198 e. The SMILES string of the molecule is Cc1cccnc1Nc1ccnc(=S)[nH]1. The van der Waals surface area contributed by atoms with Gasteiger partial charge in [-0.3, -0.25) is 0 Å². The predicted molar refractivity (Wildman–Crippen MR) is 61.7 cm³/mol. The van der Waals surface area contributed by atoms with E-state index in [1.54, 1.807) is 12.4 Å². The minimum atomic E-state index is 0.452.